The van der Waals surface area contributed by atoms with Crippen molar-refractivity contribution in [3.8, 4) is 0 Å². The Hall–Kier alpha value is -0.570. The third-order valence-electron chi connectivity index (χ3n) is 3.62. The fourth-order valence-corrected chi connectivity index (χ4v) is 2.49. The summed E-state index contributed by atoms with van der Waals surface area (Å²) < 4.78 is 5.00. The summed E-state index contributed by atoms with van der Waals surface area (Å²) in [6.07, 6.45) is 4.65. The SMILES string of the molecule is COCCC(C)C1(C(=O)O)CCCC1. The van der Waals surface area contributed by atoms with Gasteiger partial charge in [0.05, 0.1) is 5.41 Å². The van der Waals surface area contributed by atoms with E-state index in [2.05, 4.69) is 0 Å². The Balaban J connectivity index is 2.62. The van der Waals surface area contributed by atoms with Crippen molar-refractivity contribution in [2.24, 2.45) is 11.3 Å². The average Bonchev–Trinajstić information content (AvgIpc) is 2.63. The predicted octanol–water partition coefficient (Wildman–Crippen LogP) is 2.30. The minimum atomic E-state index is -0.612. The molecule has 82 valence electrons. The van der Waals surface area contributed by atoms with E-state index in [0.29, 0.717) is 6.61 Å². The molecule has 0 amide bonds. The second kappa shape index (κ2) is 4.78. The molecule has 0 saturated heterocycles. The molecule has 1 fully saturated rings. The van der Waals surface area contributed by atoms with Crippen molar-refractivity contribution in [2.45, 2.75) is 39.0 Å². The number of carboxylic acid groups (broad SMARTS) is 1. The molecule has 1 saturated carbocycles. The van der Waals surface area contributed by atoms with Gasteiger partial charge in [-0.1, -0.05) is 19.8 Å². The topological polar surface area (TPSA) is 46.5 Å². The summed E-state index contributed by atoms with van der Waals surface area (Å²) in [7, 11) is 1.66. The highest BCUT2D eigenvalue weighted by molar-refractivity contribution is 5.75. The molecule has 1 aliphatic carbocycles. The van der Waals surface area contributed by atoms with Gasteiger partial charge in [0.25, 0.3) is 0 Å². The van der Waals surface area contributed by atoms with E-state index in [1.165, 1.54) is 0 Å². The van der Waals surface area contributed by atoms with E-state index in [1.807, 2.05) is 6.92 Å². The van der Waals surface area contributed by atoms with E-state index >= 15 is 0 Å². The molecule has 14 heavy (non-hydrogen) atoms. The van der Waals surface area contributed by atoms with Gasteiger partial charge in [0, 0.05) is 13.7 Å². The van der Waals surface area contributed by atoms with Gasteiger partial charge in [-0.3, -0.25) is 4.79 Å². The van der Waals surface area contributed by atoms with Gasteiger partial charge in [0.15, 0.2) is 0 Å². The van der Waals surface area contributed by atoms with E-state index < -0.39 is 11.4 Å². The van der Waals surface area contributed by atoms with Gasteiger partial charge < -0.3 is 9.84 Å². The van der Waals surface area contributed by atoms with Gasteiger partial charge in [-0.25, -0.2) is 0 Å². The highest BCUT2D eigenvalue weighted by Crippen LogP contribution is 2.45. The van der Waals surface area contributed by atoms with Crippen LogP contribution < -0.4 is 0 Å². The molecule has 0 aromatic heterocycles. The maximum absolute atomic E-state index is 11.3. The van der Waals surface area contributed by atoms with Crippen LogP contribution in [0.25, 0.3) is 0 Å². The number of hydrogen-bond donors (Lipinski definition) is 1. The molecule has 1 rings (SSSR count). The number of rotatable bonds is 5. The van der Waals surface area contributed by atoms with Gasteiger partial charge >= 0.3 is 5.97 Å². The maximum atomic E-state index is 11.3. The zero-order valence-corrected chi connectivity index (χ0v) is 9.08. The van der Waals surface area contributed by atoms with Gasteiger partial charge in [0.1, 0.15) is 0 Å². The zero-order valence-electron chi connectivity index (χ0n) is 9.08. The standard InChI is InChI=1S/C11H20O3/c1-9(5-8-14-2)11(10(12)13)6-3-4-7-11/h9H,3-8H2,1-2H3,(H,12,13). The summed E-state index contributed by atoms with van der Waals surface area (Å²) in [4.78, 5) is 11.3. The quantitative estimate of drug-likeness (QED) is 0.740. The molecule has 1 aliphatic rings. The minimum absolute atomic E-state index is 0.224. The molecular formula is C11H20O3. The first-order valence-electron chi connectivity index (χ1n) is 5.36. The fourth-order valence-electron chi connectivity index (χ4n) is 2.49. The summed E-state index contributed by atoms with van der Waals surface area (Å²) in [6.45, 7) is 2.70. The second-order valence-electron chi connectivity index (χ2n) is 4.35. The summed E-state index contributed by atoms with van der Waals surface area (Å²) in [5.74, 6) is -0.388. The van der Waals surface area contributed by atoms with E-state index in [4.69, 9.17) is 4.74 Å². The molecule has 1 N–H and O–H groups in total. The molecule has 0 aliphatic heterocycles. The largest absolute Gasteiger partial charge is 0.481 e. The van der Waals surface area contributed by atoms with Crippen molar-refractivity contribution >= 4 is 5.97 Å². The molecule has 0 heterocycles. The summed E-state index contributed by atoms with van der Waals surface area (Å²) in [5.41, 5.74) is -0.460. The molecule has 3 heteroatoms. The molecule has 0 aromatic rings. The van der Waals surface area contributed by atoms with Crippen molar-refractivity contribution < 1.29 is 14.6 Å². The molecule has 1 unspecified atom stereocenters. The van der Waals surface area contributed by atoms with Crippen LogP contribution in [-0.4, -0.2) is 24.8 Å². The van der Waals surface area contributed by atoms with Crippen LogP contribution in [0.3, 0.4) is 0 Å². The van der Waals surface area contributed by atoms with Crippen LogP contribution in [0.4, 0.5) is 0 Å². The lowest BCUT2D eigenvalue weighted by Gasteiger charge is -2.30. The van der Waals surface area contributed by atoms with E-state index in [-0.39, 0.29) is 5.92 Å². The third-order valence-corrected chi connectivity index (χ3v) is 3.62. The van der Waals surface area contributed by atoms with Crippen molar-refractivity contribution in [3.05, 3.63) is 0 Å². The molecule has 0 radical (unpaired) electrons. The lowest BCUT2D eigenvalue weighted by atomic mass is 9.73. The molecule has 0 spiro atoms. The number of aliphatic carboxylic acids is 1. The highest BCUT2D eigenvalue weighted by Gasteiger charge is 2.45. The first-order valence-corrected chi connectivity index (χ1v) is 5.36. The fraction of sp³-hybridized carbons (Fsp3) is 0.909. The Morgan fingerprint density at radius 2 is 2.07 bits per heavy atom. The van der Waals surface area contributed by atoms with Crippen molar-refractivity contribution in [3.63, 3.8) is 0 Å². The second-order valence-corrected chi connectivity index (χ2v) is 4.35. The van der Waals surface area contributed by atoms with E-state index in [0.717, 1.165) is 32.1 Å². The van der Waals surface area contributed by atoms with E-state index in [9.17, 15) is 9.90 Å². The maximum Gasteiger partial charge on any atom is 0.309 e. The predicted molar refractivity (Wildman–Crippen MR) is 54.2 cm³/mol. The lowest BCUT2D eigenvalue weighted by molar-refractivity contribution is -0.152. The monoisotopic (exact) mass is 200 g/mol. The number of hydrogen-bond acceptors (Lipinski definition) is 2. The third kappa shape index (κ3) is 2.08. The summed E-state index contributed by atoms with van der Waals surface area (Å²) in [5, 5.41) is 9.29. The van der Waals surface area contributed by atoms with Crippen LogP contribution in [0.5, 0.6) is 0 Å². The Kier molecular flexibility index (Phi) is 3.93. The van der Waals surface area contributed by atoms with E-state index in [1.54, 1.807) is 7.11 Å². The van der Waals surface area contributed by atoms with Gasteiger partial charge in [0.2, 0.25) is 0 Å². The molecule has 0 bridgehead atoms. The zero-order chi connectivity index (χ0) is 10.6. The molecule has 1 atom stereocenters. The van der Waals surface area contributed by atoms with Gasteiger partial charge in [-0.05, 0) is 25.2 Å². The van der Waals surface area contributed by atoms with Crippen LogP contribution in [-0.2, 0) is 9.53 Å². The van der Waals surface area contributed by atoms with Crippen LogP contribution in [0.2, 0.25) is 0 Å². The Labute approximate surface area is 85.5 Å². The molecule has 3 nitrogen and oxygen atoms in total. The smallest absolute Gasteiger partial charge is 0.309 e. The van der Waals surface area contributed by atoms with Crippen molar-refractivity contribution in [1.82, 2.24) is 0 Å². The van der Waals surface area contributed by atoms with Crippen LogP contribution in [0.15, 0.2) is 0 Å². The minimum Gasteiger partial charge on any atom is -0.481 e. The number of carbonyl (C=O) groups is 1. The van der Waals surface area contributed by atoms with Crippen LogP contribution in [0, 0.1) is 11.3 Å². The highest BCUT2D eigenvalue weighted by atomic mass is 16.5. The number of methoxy groups -OCH3 is 1. The van der Waals surface area contributed by atoms with Crippen molar-refractivity contribution in [1.29, 1.82) is 0 Å². The number of ether oxygens (including phenoxy) is 1. The van der Waals surface area contributed by atoms with Crippen molar-refractivity contribution in [2.75, 3.05) is 13.7 Å². The van der Waals surface area contributed by atoms with Gasteiger partial charge in [-0.15, -0.1) is 0 Å². The Morgan fingerprint density at radius 3 is 2.50 bits per heavy atom. The number of carboxylic acids is 1. The van der Waals surface area contributed by atoms with Crippen LogP contribution in [0.1, 0.15) is 39.0 Å². The first kappa shape index (κ1) is 11.5. The first-order chi connectivity index (χ1) is 6.63. The van der Waals surface area contributed by atoms with Crippen LogP contribution >= 0.6 is 0 Å². The molecular weight excluding hydrogens is 180 g/mol. The summed E-state index contributed by atoms with van der Waals surface area (Å²) in [6, 6.07) is 0. The lowest BCUT2D eigenvalue weighted by Crippen LogP contribution is -2.35. The Morgan fingerprint density at radius 1 is 1.50 bits per heavy atom. The Bertz CT molecular complexity index is 195. The van der Waals surface area contributed by atoms with Gasteiger partial charge in [-0.2, -0.15) is 0 Å². The molecule has 0 aromatic carbocycles. The average molecular weight is 200 g/mol. The summed E-state index contributed by atoms with van der Waals surface area (Å²) >= 11 is 0. The normalized spacial score (nSPS) is 22.1.